The van der Waals surface area contributed by atoms with Crippen LogP contribution in [-0.2, 0) is 16.6 Å². The summed E-state index contributed by atoms with van der Waals surface area (Å²) in [6.07, 6.45) is 3.78. The molecular formula is C12H18N2O3S. The molecule has 2 rings (SSSR count). The number of pyridine rings is 1. The van der Waals surface area contributed by atoms with Crippen molar-refractivity contribution in [1.82, 2.24) is 9.71 Å². The van der Waals surface area contributed by atoms with Crippen molar-refractivity contribution >= 4 is 10.0 Å². The average Bonchev–Trinajstić information content (AvgIpc) is 3.20. The predicted octanol–water partition coefficient (Wildman–Crippen LogP) is 0.898. The van der Waals surface area contributed by atoms with Crippen molar-refractivity contribution in [3.63, 3.8) is 0 Å². The molecule has 0 aliphatic heterocycles. The second-order valence-corrected chi connectivity index (χ2v) is 6.54. The summed E-state index contributed by atoms with van der Waals surface area (Å²) in [5.41, 5.74) is 0.597. The fraction of sp³-hybridized carbons (Fsp3) is 0.583. The lowest BCUT2D eigenvalue weighted by molar-refractivity contribution is 0.281. The van der Waals surface area contributed by atoms with Crippen LogP contribution in [0.2, 0.25) is 0 Å². The summed E-state index contributed by atoms with van der Waals surface area (Å²) < 4.78 is 26.5. The zero-order valence-electron chi connectivity index (χ0n) is 10.3. The fourth-order valence-electron chi connectivity index (χ4n) is 1.81. The minimum absolute atomic E-state index is 0.00250. The van der Waals surface area contributed by atoms with E-state index in [1.54, 1.807) is 6.07 Å². The zero-order valence-corrected chi connectivity index (χ0v) is 11.2. The maximum Gasteiger partial charge on any atom is 0.258 e. The van der Waals surface area contributed by atoms with Gasteiger partial charge in [0.25, 0.3) is 10.0 Å². The lowest BCUT2D eigenvalue weighted by Gasteiger charge is -2.11. The lowest BCUT2D eigenvalue weighted by Crippen LogP contribution is -2.29. The van der Waals surface area contributed by atoms with Gasteiger partial charge in [-0.2, -0.15) is 0 Å². The van der Waals surface area contributed by atoms with Crippen molar-refractivity contribution < 1.29 is 13.5 Å². The van der Waals surface area contributed by atoms with Crippen LogP contribution in [0.3, 0.4) is 0 Å². The highest BCUT2D eigenvalue weighted by molar-refractivity contribution is 7.89. The van der Waals surface area contributed by atoms with Crippen molar-refractivity contribution in [1.29, 1.82) is 0 Å². The topological polar surface area (TPSA) is 79.3 Å². The first-order valence-corrected chi connectivity index (χ1v) is 7.56. The van der Waals surface area contributed by atoms with Gasteiger partial charge in [-0.3, -0.25) is 0 Å². The standard InChI is InChI=1S/C12H18N2O3S/c1-9(11-3-4-11)6-14-18(16,17)12-5-2-10(8-15)7-13-12/h2,5,7,9,11,14-15H,3-4,6,8H2,1H3. The van der Waals surface area contributed by atoms with Crippen molar-refractivity contribution in [2.75, 3.05) is 6.54 Å². The van der Waals surface area contributed by atoms with E-state index in [2.05, 4.69) is 16.6 Å². The molecule has 0 amide bonds. The second kappa shape index (κ2) is 5.34. The normalized spacial score (nSPS) is 17.7. The highest BCUT2D eigenvalue weighted by Crippen LogP contribution is 2.36. The monoisotopic (exact) mass is 270 g/mol. The molecule has 0 bridgehead atoms. The Labute approximate surface area is 107 Å². The summed E-state index contributed by atoms with van der Waals surface area (Å²) in [5, 5.41) is 8.87. The molecule has 1 saturated carbocycles. The summed E-state index contributed by atoms with van der Waals surface area (Å²) in [4.78, 5) is 3.85. The first-order chi connectivity index (χ1) is 8.53. The molecule has 1 aromatic heterocycles. The number of aliphatic hydroxyl groups excluding tert-OH is 1. The molecule has 1 heterocycles. The van der Waals surface area contributed by atoms with Crippen LogP contribution in [0.4, 0.5) is 0 Å². The number of hydrogen-bond donors (Lipinski definition) is 2. The molecule has 1 aromatic rings. The summed E-state index contributed by atoms with van der Waals surface area (Å²) in [6, 6.07) is 2.97. The van der Waals surface area contributed by atoms with E-state index in [0.717, 1.165) is 0 Å². The third-order valence-electron chi connectivity index (χ3n) is 3.28. The molecule has 2 N–H and O–H groups in total. The van der Waals surface area contributed by atoms with Crippen LogP contribution in [0.25, 0.3) is 0 Å². The lowest BCUT2D eigenvalue weighted by atomic mass is 10.1. The Morgan fingerprint density at radius 3 is 2.72 bits per heavy atom. The van der Waals surface area contributed by atoms with E-state index in [9.17, 15) is 8.42 Å². The number of nitrogens with one attached hydrogen (secondary N) is 1. The average molecular weight is 270 g/mol. The Hall–Kier alpha value is -0.980. The molecule has 0 radical (unpaired) electrons. The van der Waals surface area contributed by atoms with E-state index in [4.69, 9.17) is 5.11 Å². The summed E-state index contributed by atoms with van der Waals surface area (Å²) in [7, 11) is -3.53. The molecule has 6 heteroatoms. The smallest absolute Gasteiger partial charge is 0.258 e. The van der Waals surface area contributed by atoms with Crippen LogP contribution in [0.15, 0.2) is 23.4 Å². The number of aliphatic hydroxyl groups is 1. The van der Waals surface area contributed by atoms with E-state index in [0.29, 0.717) is 23.9 Å². The molecule has 1 aliphatic carbocycles. The number of rotatable bonds is 6. The Morgan fingerprint density at radius 1 is 1.50 bits per heavy atom. The SMILES string of the molecule is CC(CNS(=O)(=O)c1ccc(CO)cn1)C1CC1. The molecule has 0 saturated heterocycles. The minimum atomic E-state index is -3.53. The van der Waals surface area contributed by atoms with Crippen LogP contribution < -0.4 is 4.72 Å². The zero-order chi connectivity index (χ0) is 13.2. The Bertz CT molecular complexity index is 495. The molecule has 1 fully saturated rings. The minimum Gasteiger partial charge on any atom is -0.392 e. The summed E-state index contributed by atoms with van der Waals surface area (Å²) in [6.45, 7) is 2.37. The van der Waals surface area contributed by atoms with Gasteiger partial charge in [-0.15, -0.1) is 0 Å². The molecule has 1 unspecified atom stereocenters. The predicted molar refractivity (Wildman–Crippen MR) is 67.2 cm³/mol. The number of aromatic nitrogens is 1. The van der Waals surface area contributed by atoms with E-state index in [1.165, 1.54) is 25.1 Å². The Balaban J connectivity index is 1.99. The van der Waals surface area contributed by atoms with Gasteiger partial charge < -0.3 is 5.11 Å². The van der Waals surface area contributed by atoms with E-state index < -0.39 is 10.0 Å². The number of sulfonamides is 1. The first kappa shape index (κ1) is 13.5. The quantitative estimate of drug-likeness (QED) is 0.805. The van der Waals surface area contributed by atoms with Gasteiger partial charge in [0.2, 0.25) is 0 Å². The largest absolute Gasteiger partial charge is 0.392 e. The second-order valence-electron chi connectivity index (χ2n) is 4.83. The summed E-state index contributed by atoms with van der Waals surface area (Å²) >= 11 is 0. The van der Waals surface area contributed by atoms with Crippen molar-refractivity contribution in [3.05, 3.63) is 23.9 Å². The molecule has 18 heavy (non-hydrogen) atoms. The number of hydrogen-bond acceptors (Lipinski definition) is 4. The van der Waals surface area contributed by atoms with Gasteiger partial charge >= 0.3 is 0 Å². The van der Waals surface area contributed by atoms with Gasteiger partial charge in [-0.05, 0) is 36.3 Å². The van der Waals surface area contributed by atoms with E-state index in [-0.39, 0.29) is 11.6 Å². The van der Waals surface area contributed by atoms with Gasteiger partial charge in [0.15, 0.2) is 5.03 Å². The molecule has 100 valence electrons. The van der Waals surface area contributed by atoms with Gasteiger partial charge in [0.1, 0.15) is 0 Å². The molecule has 0 spiro atoms. The van der Waals surface area contributed by atoms with Gasteiger partial charge in [0.05, 0.1) is 6.61 Å². The van der Waals surface area contributed by atoms with Crippen molar-refractivity contribution in [3.8, 4) is 0 Å². The van der Waals surface area contributed by atoms with Gasteiger partial charge in [-0.25, -0.2) is 18.1 Å². The fourth-order valence-corrected chi connectivity index (χ4v) is 2.88. The molecular weight excluding hydrogens is 252 g/mol. The van der Waals surface area contributed by atoms with Crippen molar-refractivity contribution in [2.24, 2.45) is 11.8 Å². The van der Waals surface area contributed by atoms with Crippen LogP contribution in [0, 0.1) is 11.8 Å². The Kier molecular flexibility index (Phi) is 3.99. The van der Waals surface area contributed by atoms with Crippen LogP contribution in [0.1, 0.15) is 25.3 Å². The highest BCUT2D eigenvalue weighted by atomic mass is 32.2. The van der Waals surface area contributed by atoms with Gasteiger partial charge in [0, 0.05) is 12.7 Å². The summed E-state index contributed by atoms with van der Waals surface area (Å²) in [5.74, 6) is 1.04. The first-order valence-electron chi connectivity index (χ1n) is 6.08. The number of nitrogens with zero attached hydrogens (tertiary/aromatic N) is 1. The third kappa shape index (κ3) is 3.28. The molecule has 1 atom stereocenters. The third-order valence-corrected chi connectivity index (χ3v) is 4.62. The molecule has 5 nitrogen and oxygen atoms in total. The highest BCUT2D eigenvalue weighted by Gasteiger charge is 2.29. The van der Waals surface area contributed by atoms with Crippen molar-refractivity contribution in [2.45, 2.75) is 31.4 Å². The van der Waals surface area contributed by atoms with E-state index >= 15 is 0 Å². The maximum absolute atomic E-state index is 11.9. The Morgan fingerprint density at radius 2 is 2.22 bits per heavy atom. The maximum atomic E-state index is 11.9. The van der Waals surface area contributed by atoms with Crippen LogP contribution >= 0.6 is 0 Å². The van der Waals surface area contributed by atoms with E-state index in [1.807, 2.05) is 0 Å². The molecule has 1 aliphatic rings. The van der Waals surface area contributed by atoms with Crippen LogP contribution in [0.5, 0.6) is 0 Å². The van der Waals surface area contributed by atoms with Gasteiger partial charge in [-0.1, -0.05) is 13.0 Å². The molecule has 0 aromatic carbocycles. The van der Waals surface area contributed by atoms with Crippen LogP contribution in [-0.4, -0.2) is 25.1 Å².